The molecule has 20 heavy (non-hydrogen) atoms. The van der Waals surface area contributed by atoms with Crippen molar-refractivity contribution in [2.45, 2.75) is 13.1 Å². The lowest BCUT2D eigenvalue weighted by Gasteiger charge is -2.17. The van der Waals surface area contributed by atoms with Gasteiger partial charge in [-0.2, -0.15) is 5.26 Å². The Morgan fingerprint density at radius 2 is 1.85 bits per heavy atom. The Balaban J connectivity index is 2.06. The molecule has 2 N–H and O–H groups in total. The Morgan fingerprint density at radius 1 is 1.15 bits per heavy atom. The van der Waals surface area contributed by atoms with Gasteiger partial charge in [0.05, 0.1) is 11.6 Å². The van der Waals surface area contributed by atoms with E-state index in [1.807, 2.05) is 42.3 Å². The van der Waals surface area contributed by atoms with E-state index in [0.29, 0.717) is 24.2 Å². The van der Waals surface area contributed by atoms with Crippen LogP contribution in [0.4, 0.5) is 10.1 Å². The summed E-state index contributed by atoms with van der Waals surface area (Å²) >= 11 is 0. The molecule has 0 heterocycles. The average Bonchev–Trinajstić information content (AvgIpc) is 2.44. The highest BCUT2D eigenvalue weighted by atomic mass is 19.1. The van der Waals surface area contributed by atoms with E-state index >= 15 is 0 Å². The summed E-state index contributed by atoms with van der Waals surface area (Å²) < 4.78 is 13.7. The molecule has 0 fully saturated rings. The first-order valence-corrected chi connectivity index (χ1v) is 6.30. The van der Waals surface area contributed by atoms with Crippen LogP contribution in [0.2, 0.25) is 0 Å². The zero-order valence-corrected chi connectivity index (χ0v) is 11.3. The molecule has 0 unspecified atom stereocenters. The zero-order valence-electron chi connectivity index (χ0n) is 11.3. The van der Waals surface area contributed by atoms with Crippen LogP contribution < -0.4 is 5.73 Å². The van der Waals surface area contributed by atoms with Gasteiger partial charge in [0.1, 0.15) is 5.82 Å². The van der Waals surface area contributed by atoms with Gasteiger partial charge >= 0.3 is 0 Å². The number of hydrogen-bond acceptors (Lipinski definition) is 3. The number of nitriles is 1. The first-order chi connectivity index (χ1) is 9.58. The Kier molecular flexibility index (Phi) is 4.34. The molecule has 3 nitrogen and oxygen atoms in total. The molecule has 0 spiro atoms. The molecule has 0 aliphatic heterocycles. The molecule has 0 aromatic heterocycles. The third kappa shape index (κ3) is 3.56. The highest BCUT2D eigenvalue weighted by Gasteiger charge is 2.07. The monoisotopic (exact) mass is 269 g/mol. The third-order valence-electron chi connectivity index (χ3n) is 3.05. The van der Waals surface area contributed by atoms with E-state index < -0.39 is 0 Å². The van der Waals surface area contributed by atoms with E-state index in [9.17, 15) is 4.39 Å². The van der Waals surface area contributed by atoms with Gasteiger partial charge in [0.25, 0.3) is 0 Å². The lowest BCUT2D eigenvalue weighted by molar-refractivity contribution is 0.313. The first-order valence-electron chi connectivity index (χ1n) is 6.30. The molecular formula is C16H16FN3. The van der Waals surface area contributed by atoms with Gasteiger partial charge in [-0.05, 0) is 42.9 Å². The van der Waals surface area contributed by atoms with Crippen molar-refractivity contribution in [3.8, 4) is 6.07 Å². The SMILES string of the molecule is CN(Cc1ccc(N)cc1)Cc1cc(C#N)ccc1F. The van der Waals surface area contributed by atoms with E-state index in [4.69, 9.17) is 11.0 Å². The van der Waals surface area contributed by atoms with Crippen LogP contribution in [0, 0.1) is 17.1 Å². The Morgan fingerprint density at radius 3 is 2.50 bits per heavy atom. The fourth-order valence-electron chi connectivity index (χ4n) is 2.05. The van der Waals surface area contributed by atoms with Gasteiger partial charge in [-0.15, -0.1) is 0 Å². The van der Waals surface area contributed by atoms with Crippen LogP contribution in [-0.4, -0.2) is 11.9 Å². The van der Waals surface area contributed by atoms with Crippen LogP contribution in [0.5, 0.6) is 0 Å². The maximum absolute atomic E-state index is 13.7. The van der Waals surface area contributed by atoms with Crippen molar-refractivity contribution in [1.82, 2.24) is 4.90 Å². The second kappa shape index (κ2) is 6.18. The summed E-state index contributed by atoms with van der Waals surface area (Å²) in [7, 11) is 1.91. The molecule has 0 aliphatic rings. The van der Waals surface area contributed by atoms with Gasteiger partial charge in [-0.3, -0.25) is 4.90 Å². The van der Waals surface area contributed by atoms with Gasteiger partial charge in [-0.25, -0.2) is 4.39 Å². The van der Waals surface area contributed by atoms with Gasteiger partial charge in [0, 0.05) is 24.3 Å². The number of nitrogen functional groups attached to an aromatic ring is 1. The van der Waals surface area contributed by atoms with Crippen molar-refractivity contribution in [1.29, 1.82) is 5.26 Å². The zero-order chi connectivity index (χ0) is 14.5. The summed E-state index contributed by atoms with van der Waals surface area (Å²) in [5.41, 5.74) is 8.48. The fourth-order valence-corrected chi connectivity index (χ4v) is 2.05. The lowest BCUT2D eigenvalue weighted by Crippen LogP contribution is -2.18. The topological polar surface area (TPSA) is 53.0 Å². The largest absolute Gasteiger partial charge is 0.399 e. The summed E-state index contributed by atoms with van der Waals surface area (Å²) in [5, 5.41) is 8.85. The molecule has 2 aromatic rings. The third-order valence-corrected chi connectivity index (χ3v) is 3.05. The van der Waals surface area contributed by atoms with Crippen LogP contribution >= 0.6 is 0 Å². The quantitative estimate of drug-likeness (QED) is 0.868. The normalized spacial score (nSPS) is 10.5. The number of anilines is 1. The van der Waals surface area contributed by atoms with Crippen molar-refractivity contribution in [3.63, 3.8) is 0 Å². The number of halogens is 1. The Bertz CT molecular complexity index is 629. The molecule has 4 heteroatoms. The van der Waals surface area contributed by atoms with E-state index in [-0.39, 0.29) is 5.82 Å². The van der Waals surface area contributed by atoms with Gasteiger partial charge in [0.15, 0.2) is 0 Å². The number of nitrogens with two attached hydrogens (primary N) is 1. The van der Waals surface area contributed by atoms with Crippen LogP contribution in [0.1, 0.15) is 16.7 Å². The molecule has 0 aliphatic carbocycles. The molecule has 0 atom stereocenters. The summed E-state index contributed by atoms with van der Waals surface area (Å²) in [6.07, 6.45) is 0. The highest BCUT2D eigenvalue weighted by Crippen LogP contribution is 2.14. The predicted octanol–water partition coefficient (Wildman–Crippen LogP) is 2.91. The molecular weight excluding hydrogens is 253 g/mol. The maximum atomic E-state index is 13.7. The summed E-state index contributed by atoms with van der Waals surface area (Å²) in [6, 6.07) is 14.0. The average molecular weight is 269 g/mol. The molecule has 0 amide bonds. The number of rotatable bonds is 4. The smallest absolute Gasteiger partial charge is 0.127 e. The fraction of sp³-hybridized carbons (Fsp3) is 0.188. The summed E-state index contributed by atoms with van der Waals surface area (Å²) in [6.45, 7) is 1.14. The van der Waals surface area contributed by atoms with Gasteiger partial charge in [0.2, 0.25) is 0 Å². The first kappa shape index (κ1) is 14.0. The van der Waals surface area contributed by atoms with Crippen molar-refractivity contribution in [2.24, 2.45) is 0 Å². The lowest BCUT2D eigenvalue weighted by atomic mass is 10.1. The van der Waals surface area contributed by atoms with E-state index in [1.54, 1.807) is 6.07 Å². The number of nitrogens with zero attached hydrogens (tertiary/aromatic N) is 2. The van der Waals surface area contributed by atoms with Crippen LogP contribution in [-0.2, 0) is 13.1 Å². The van der Waals surface area contributed by atoms with E-state index in [1.165, 1.54) is 12.1 Å². The molecule has 2 rings (SSSR count). The second-order valence-corrected chi connectivity index (χ2v) is 4.83. The maximum Gasteiger partial charge on any atom is 0.127 e. The van der Waals surface area contributed by atoms with Gasteiger partial charge in [-0.1, -0.05) is 12.1 Å². The Hall–Kier alpha value is -2.38. The molecule has 102 valence electrons. The summed E-state index contributed by atoms with van der Waals surface area (Å²) in [4.78, 5) is 1.99. The highest BCUT2D eigenvalue weighted by molar-refractivity contribution is 5.39. The molecule has 2 aromatic carbocycles. The minimum atomic E-state index is -0.284. The molecule has 0 radical (unpaired) electrons. The van der Waals surface area contributed by atoms with E-state index in [2.05, 4.69) is 0 Å². The van der Waals surface area contributed by atoms with Crippen LogP contribution in [0.3, 0.4) is 0 Å². The number of benzene rings is 2. The number of hydrogen-bond donors (Lipinski definition) is 1. The van der Waals surface area contributed by atoms with Crippen molar-refractivity contribution in [2.75, 3.05) is 12.8 Å². The predicted molar refractivity (Wildman–Crippen MR) is 77.1 cm³/mol. The minimum Gasteiger partial charge on any atom is -0.399 e. The van der Waals surface area contributed by atoms with Crippen LogP contribution in [0.15, 0.2) is 42.5 Å². The van der Waals surface area contributed by atoms with Crippen molar-refractivity contribution < 1.29 is 4.39 Å². The second-order valence-electron chi connectivity index (χ2n) is 4.83. The van der Waals surface area contributed by atoms with Crippen LogP contribution in [0.25, 0.3) is 0 Å². The molecule has 0 saturated heterocycles. The standard InChI is InChI=1S/C16H16FN3/c1-20(10-12-2-5-15(19)6-3-12)11-14-8-13(9-18)4-7-16(14)17/h2-8H,10-11,19H2,1H3. The van der Waals surface area contributed by atoms with Crippen molar-refractivity contribution in [3.05, 3.63) is 65.0 Å². The molecule has 0 saturated carbocycles. The Labute approximate surface area is 118 Å². The van der Waals surface area contributed by atoms with Gasteiger partial charge < -0.3 is 5.73 Å². The summed E-state index contributed by atoms with van der Waals surface area (Å²) in [5.74, 6) is -0.284. The van der Waals surface area contributed by atoms with Crippen molar-refractivity contribution >= 4 is 5.69 Å². The molecule has 0 bridgehead atoms. The minimum absolute atomic E-state index is 0.284. The van der Waals surface area contributed by atoms with E-state index in [0.717, 1.165) is 11.3 Å².